The van der Waals surface area contributed by atoms with Gasteiger partial charge in [0.1, 0.15) is 11.9 Å². The predicted octanol–water partition coefficient (Wildman–Crippen LogP) is 3.20. The molecule has 1 fully saturated rings. The van der Waals surface area contributed by atoms with Crippen LogP contribution in [0.5, 0.6) is 11.8 Å². The first-order valence-electron chi connectivity index (χ1n) is 8.85. The van der Waals surface area contributed by atoms with Crippen molar-refractivity contribution >= 4 is 21.6 Å². The topological polar surface area (TPSA) is 90.4 Å². The van der Waals surface area contributed by atoms with Crippen LogP contribution in [0, 0.1) is 0 Å². The van der Waals surface area contributed by atoms with Crippen molar-refractivity contribution in [2.45, 2.75) is 49.6 Å². The van der Waals surface area contributed by atoms with Crippen molar-refractivity contribution in [3.63, 3.8) is 0 Å². The Labute approximate surface area is 164 Å². The third kappa shape index (κ3) is 5.54. The molecule has 0 aliphatic heterocycles. The molecule has 1 heterocycles. The summed E-state index contributed by atoms with van der Waals surface area (Å²) in [5.41, 5.74) is 0. The molecule has 1 aromatic carbocycles. The number of sulfonamides is 1. The van der Waals surface area contributed by atoms with E-state index in [4.69, 9.17) is 21.1 Å². The number of ether oxygens (including phenoxy) is 2. The summed E-state index contributed by atoms with van der Waals surface area (Å²) in [5, 5.41) is 0.453. The summed E-state index contributed by atoms with van der Waals surface area (Å²) in [4.78, 5) is 8.28. The average molecular weight is 412 g/mol. The van der Waals surface area contributed by atoms with Crippen LogP contribution in [0.25, 0.3) is 0 Å². The molecule has 1 aliphatic rings. The molecule has 1 aliphatic carbocycles. The van der Waals surface area contributed by atoms with Gasteiger partial charge >= 0.3 is 6.01 Å². The minimum absolute atomic E-state index is 0.0302. The molecule has 0 saturated heterocycles. The molecular formula is C18H22ClN3O4S. The summed E-state index contributed by atoms with van der Waals surface area (Å²) in [6, 6.07) is 6.61. The second kappa shape index (κ2) is 8.86. The number of aromatic nitrogens is 2. The van der Waals surface area contributed by atoms with Gasteiger partial charge in [-0.3, -0.25) is 0 Å². The van der Waals surface area contributed by atoms with Crippen LogP contribution >= 0.6 is 11.6 Å². The first-order valence-corrected chi connectivity index (χ1v) is 10.7. The maximum atomic E-state index is 12.6. The van der Waals surface area contributed by atoms with Crippen molar-refractivity contribution < 1.29 is 17.9 Å². The minimum Gasteiger partial charge on any atom is -0.494 e. The van der Waals surface area contributed by atoms with Gasteiger partial charge in [-0.25, -0.2) is 23.1 Å². The smallest absolute Gasteiger partial charge is 0.316 e. The summed E-state index contributed by atoms with van der Waals surface area (Å²) in [6.07, 6.45) is 5.77. The minimum atomic E-state index is -3.56. The van der Waals surface area contributed by atoms with Crippen LogP contribution in [0.15, 0.2) is 41.6 Å². The van der Waals surface area contributed by atoms with E-state index in [-0.39, 0.29) is 23.1 Å². The Kier molecular flexibility index (Phi) is 6.51. The Hall–Kier alpha value is -1.90. The van der Waals surface area contributed by atoms with Crippen molar-refractivity contribution in [3.8, 4) is 11.8 Å². The van der Waals surface area contributed by atoms with E-state index >= 15 is 0 Å². The Balaban J connectivity index is 1.52. The van der Waals surface area contributed by atoms with E-state index in [0.29, 0.717) is 30.2 Å². The van der Waals surface area contributed by atoms with Gasteiger partial charge < -0.3 is 9.47 Å². The van der Waals surface area contributed by atoms with Gasteiger partial charge in [0.25, 0.3) is 0 Å². The molecule has 0 unspecified atom stereocenters. The molecule has 0 bridgehead atoms. The second-order valence-corrected chi connectivity index (χ2v) is 8.45. The summed E-state index contributed by atoms with van der Waals surface area (Å²) in [5.74, 6) is 0.651. The Morgan fingerprint density at radius 1 is 1.11 bits per heavy atom. The van der Waals surface area contributed by atoms with Crippen molar-refractivity contribution in [2.75, 3.05) is 6.61 Å². The van der Waals surface area contributed by atoms with Gasteiger partial charge in [0, 0.05) is 6.04 Å². The first kappa shape index (κ1) is 19.9. The van der Waals surface area contributed by atoms with Crippen LogP contribution in [0.4, 0.5) is 0 Å². The highest BCUT2D eigenvalue weighted by molar-refractivity contribution is 7.89. The standard InChI is InChI=1S/C18H22ClN3O4S/c1-2-25-15-7-9-17(10-8-15)27(23,24)22-14-3-5-16(6-4-14)26-18-20-11-13(19)12-21-18/h7-12,14,16,22H,2-6H2,1H3. The lowest BCUT2D eigenvalue weighted by atomic mass is 9.94. The zero-order chi connectivity index (χ0) is 19.3. The molecule has 146 valence electrons. The van der Waals surface area contributed by atoms with Crippen molar-refractivity contribution in [1.82, 2.24) is 14.7 Å². The van der Waals surface area contributed by atoms with Crippen LogP contribution in [0.1, 0.15) is 32.6 Å². The van der Waals surface area contributed by atoms with E-state index in [1.54, 1.807) is 24.3 Å². The molecule has 1 aromatic heterocycles. The number of nitrogens with one attached hydrogen (secondary N) is 1. The molecule has 2 aromatic rings. The van der Waals surface area contributed by atoms with Crippen molar-refractivity contribution in [3.05, 3.63) is 41.7 Å². The Morgan fingerprint density at radius 2 is 1.74 bits per heavy atom. The molecule has 27 heavy (non-hydrogen) atoms. The average Bonchev–Trinajstić information content (AvgIpc) is 2.66. The maximum Gasteiger partial charge on any atom is 0.316 e. The lowest BCUT2D eigenvalue weighted by Crippen LogP contribution is -2.39. The summed E-state index contributed by atoms with van der Waals surface area (Å²) >= 11 is 5.76. The van der Waals surface area contributed by atoms with Gasteiger partial charge in [-0.05, 0) is 56.9 Å². The van der Waals surface area contributed by atoms with Gasteiger partial charge in [-0.2, -0.15) is 0 Å². The van der Waals surface area contributed by atoms with Gasteiger partial charge in [-0.15, -0.1) is 0 Å². The fourth-order valence-corrected chi connectivity index (χ4v) is 4.38. The lowest BCUT2D eigenvalue weighted by molar-refractivity contribution is 0.132. The molecule has 9 heteroatoms. The number of hydrogen-bond acceptors (Lipinski definition) is 6. The highest BCUT2D eigenvalue weighted by atomic mass is 35.5. The second-order valence-electron chi connectivity index (χ2n) is 6.30. The molecular weight excluding hydrogens is 390 g/mol. The zero-order valence-electron chi connectivity index (χ0n) is 15.0. The molecule has 0 amide bonds. The van der Waals surface area contributed by atoms with E-state index in [9.17, 15) is 8.42 Å². The first-order chi connectivity index (χ1) is 13.0. The predicted molar refractivity (Wildman–Crippen MR) is 102 cm³/mol. The van der Waals surface area contributed by atoms with E-state index in [0.717, 1.165) is 12.8 Å². The number of nitrogens with zero attached hydrogens (tertiary/aromatic N) is 2. The van der Waals surface area contributed by atoms with Crippen LogP contribution in [0.2, 0.25) is 5.02 Å². The number of halogens is 1. The third-order valence-corrected chi connectivity index (χ3v) is 6.04. The molecule has 0 spiro atoms. The van der Waals surface area contributed by atoms with Gasteiger partial charge in [0.15, 0.2) is 0 Å². The zero-order valence-corrected chi connectivity index (χ0v) is 16.5. The monoisotopic (exact) mass is 411 g/mol. The van der Waals surface area contributed by atoms with Crippen LogP contribution in [-0.2, 0) is 10.0 Å². The van der Waals surface area contributed by atoms with E-state index in [1.807, 2.05) is 6.92 Å². The lowest BCUT2D eigenvalue weighted by Gasteiger charge is -2.28. The largest absolute Gasteiger partial charge is 0.494 e. The van der Waals surface area contributed by atoms with Crippen molar-refractivity contribution in [2.24, 2.45) is 0 Å². The van der Waals surface area contributed by atoms with E-state index in [2.05, 4.69) is 14.7 Å². The van der Waals surface area contributed by atoms with E-state index < -0.39 is 10.0 Å². The quantitative estimate of drug-likeness (QED) is 0.752. The van der Waals surface area contributed by atoms with Gasteiger partial charge in [0.2, 0.25) is 10.0 Å². The van der Waals surface area contributed by atoms with Gasteiger partial charge in [0.05, 0.1) is 28.9 Å². The number of rotatable bonds is 7. The molecule has 0 radical (unpaired) electrons. The van der Waals surface area contributed by atoms with Crippen molar-refractivity contribution in [1.29, 1.82) is 0 Å². The SMILES string of the molecule is CCOc1ccc(S(=O)(=O)NC2CCC(Oc3ncc(Cl)cn3)CC2)cc1. The number of benzene rings is 1. The summed E-state index contributed by atoms with van der Waals surface area (Å²) in [6.45, 7) is 2.42. The Bertz CT molecular complexity index is 836. The van der Waals surface area contributed by atoms with Crippen LogP contribution in [-0.4, -0.2) is 37.1 Å². The third-order valence-electron chi connectivity index (χ3n) is 4.31. The normalized spacial score (nSPS) is 20.2. The fourth-order valence-electron chi connectivity index (χ4n) is 2.98. The fraction of sp³-hybridized carbons (Fsp3) is 0.444. The van der Waals surface area contributed by atoms with Crippen LogP contribution in [0.3, 0.4) is 0 Å². The molecule has 7 nitrogen and oxygen atoms in total. The van der Waals surface area contributed by atoms with E-state index in [1.165, 1.54) is 12.4 Å². The summed E-state index contributed by atoms with van der Waals surface area (Å²) < 4.78 is 39.0. The van der Waals surface area contributed by atoms with Gasteiger partial charge in [-0.1, -0.05) is 11.6 Å². The highest BCUT2D eigenvalue weighted by Crippen LogP contribution is 2.24. The molecule has 3 rings (SSSR count). The summed E-state index contributed by atoms with van der Waals surface area (Å²) in [7, 11) is -3.56. The molecule has 1 saturated carbocycles. The molecule has 1 N–H and O–H groups in total. The maximum absolute atomic E-state index is 12.6. The number of hydrogen-bond donors (Lipinski definition) is 1. The Morgan fingerprint density at radius 3 is 2.33 bits per heavy atom. The molecule has 0 atom stereocenters. The highest BCUT2D eigenvalue weighted by Gasteiger charge is 2.27. The van der Waals surface area contributed by atoms with Crippen LogP contribution < -0.4 is 14.2 Å².